The lowest BCUT2D eigenvalue weighted by Gasteiger charge is -2.17. The van der Waals surface area contributed by atoms with Crippen LogP contribution in [0.5, 0.6) is 0 Å². The molecule has 4 nitrogen and oxygen atoms in total. The number of sulfonamides is 1. The van der Waals surface area contributed by atoms with Crippen molar-refractivity contribution in [2.24, 2.45) is 5.92 Å². The van der Waals surface area contributed by atoms with Crippen molar-refractivity contribution in [3.05, 3.63) is 15.9 Å². The number of aliphatic hydroxyl groups excluding tert-OH is 1. The first-order valence-electron chi connectivity index (χ1n) is 5.23. The monoisotopic (exact) mass is 341 g/mol. The van der Waals surface area contributed by atoms with Crippen molar-refractivity contribution in [1.82, 2.24) is 4.72 Å². The van der Waals surface area contributed by atoms with Gasteiger partial charge in [-0.3, -0.25) is 0 Å². The van der Waals surface area contributed by atoms with Crippen LogP contribution in [0.25, 0.3) is 0 Å². The summed E-state index contributed by atoms with van der Waals surface area (Å²) >= 11 is 4.34. The zero-order valence-electron chi connectivity index (χ0n) is 9.68. The summed E-state index contributed by atoms with van der Waals surface area (Å²) in [7, 11) is -3.54. The van der Waals surface area contributed by atoms with Crippen LogP contribution in [-0.2, 0) is 10.0 Å². The third-order valence-electron chi connectivity index (χ3n) is 2.13. The Hall–Kier alpha value is 0.0500. The van der Waals surface area contributed by atoms with Crippen LogP contribution in [0.4, 0.5) is 0 Å². The topological polar surface area (TPSA) is 66.4 Å². The summed E-state index contributed by atoms with van der Waals surface area (Å²) in [4.78, 5) is 0. The SMILES string of the molecule is CC(C)CC(CO)NS(=O)(=O)c1sccc1Br. The van der Waals surface area contributed by atoms with Crippen molar-refractivity contribution < 1.29 is 13.5 Å². The van der Waals surface area contributed by atoms with E-state index >= 15 is 0 Å². The molecular weight excluding hydrogens is 326 g/mol. The first-order chi connectivity index (χ1) is 7.86. The van der Waals surface area contributed by atoms with Gasteiger partial charge in [0, 0.05) is 10.5 Å². The maximum absolute atomic E-state index is 12.0. The number of halogens is 1. The van der Waals surface area contributed by atoms with E-state index in [9.17, 15) is 8.42 Å². The van der Waals surface area contributed by atoms with Crippen LogP contribution in [0.3, 0.4) is 0 Å². The van der Waals surface area contributed by atoms with Crippen LogP contribution >= 0.6 is 27.3 Å². The highest BCUT2D eigenvalue weighted by atomic mass is 79.9. The Balaban J connectivity index is 2.82. The molecule has 1 aromatic rings. The first-order valence-corrected chi connectivity index (χ1v) is 8.38. The van der Waals surface area contributed by atoms with Crippen LogP contribution in [0.2, 0.25) is 0 Å². The Kier molecular flexibility index (Phi) is 5.59. The number of aliphatic hydroxyl groups is 1. The van der Waals surface area contributed by atoms with E-state index in [1.165, 1.54) is 0 Å². The van der Waals surface area contributed by atoms with Crippen molar-refractivity contribution in [3.63, 3.8) is 0 Å². The van der Waals surface area contributed by atoms with Gasteiger partial charge in [0.25, 0.3) is 10.0 Å². The molecule has 98 valence electrons. The third-order valence-corrected chi connectivity index (χ3v) is 6.32. The van der Waals surface area contributed by atoms with Crippen molar-refractivity contribution in [3.8, 4) is 0 Å². The summed E-state index contributed by atoms with van der Waals surface area (Å²) in [5, 5.41) is 10.9. The summed E-state index contributed by atoms with van der Waals surface area (Å²) < 4.78 is 27.4. The predicted octanol–water partition coefficient (Wildman–Crippen LogP) is 2.20. The van der Waals surface area contributed by atoms with E-state index in [0.29, 0.717) is 16.8 Å². The Morgan fingerprint density at radius 1 is 1.53 bits per heavy atom. The molecule has 0 fully saturated rings. The van der Waals surface area contributed by atoms with E-state index in [2.05, 4.69) is 20.7 Å². The van der Waals surface area contributed by atoms with Gasteiger partial charge in [0.15, 0.2) is 0 Å². The van der Waals surface area contributed by atoms with Crippen molar-refractivity contribution in [1.29, 1.82) is 0 Å². The average Bonchev–Trinajstić information content (AvgIpc) is 2.63. The molecule has 1 unspecified atom stereocenters. The lowest BCUT2D eigenvalue weighted by molar-refractivity contribution is 0.240. The molecule has 0 radical (unpaired) electrons. The predicted molar refractivity (Wildman–Crippen MR) is 72.7 cm³/mol. The Morgan fingerprint density at radius 3 is 2.59 bits per heavy atom. The molecular formula is C10H16BrNO3S2. The highest BCUT2D eigenvalue weighted by Crippen LogP contribution is 2.27. The molecule has 0 saturated heterocycles. The molecule has 7 heteroatoms. The zero-order valence-corrected chi connectivity index (χ0v) is 12.9. The lowest BCUT2D eigenvalue weighted by atomic mass is 10.1. The van der Waals surface area contributed by atoms with Gasteiger partial charge in [0.2, 0.25) is 0 Å². The summed E-state index contributed by atoms with van der Waals surface area (Å²) in [5.41, 5.74) is 0. The number of rotatable bonds is 6. The second kappa shape index (κ2) is 6.29. The van der Waals surface area contributed by atoms with Crippen molar-refractivity contribution in [2.45, 2.75) is 30.5 Å². The summed E-state index contributed by atoms with van der Waals surface area (Å²) in [6.07, 6.45) is 0.610. The Bertz CT molecular complexity index is 456. The molecule has 1 aromatic heterocycles. The maximum atomic E-state index is 12.0. The van der Waals surface area contributed by atoms with E-state index in [1.807, 2.05) is 13.8 Å². The van der Waals surface area contributed by atoms with E-state index in [0.717, 1.165) is 11.3 Å². The van der Waals surface area contributed by atoms with Gasteiger partial charge in [-0.15, -0.1) is 11.3 Å². The van der Waals surface area contributed by atoms with Gasteiger partial charge < -0.3 is 5.11 Å². The quantitative estimate of drug-likeness (QED) is 0.833. The summed E-state index contributed by atoms with van der Waals surface area (Å²) in [6, 6.07) is 1.25. The molecule has 1 rings (SSSR count). The smallest absolute Gasteiger partial charge is 0.251 e. The fourth-order valence-electron chi connectivity index (χ4n) is 1.47. The minimum atomic E-state index is -3.54. The van der Waals surface area contributed by atoms with Gasteiger partial charge in [-0.25, -0.2) is 13.1 Å². The molecule has 0 aromatic carbocycles. The molecule has 1 heterocycles. The standard InChI is InChI=1S/C10H16BrNO3S2/c1-7(2)5-8(6-13)12-17(14,15)10-9(11)3-4-16-10/h3-4,7-8,12-13H,5-6H2,1-2H3. The zero-order chi connectivity index (χ0) is 13.1. The molecule has 0 saturated carbocycles. The van der Waals surface area contributed by atoms with Crippen LogP contribution in [-0.4, -0.2) is 26.2 Å². The van der Waals surface area contributed by atoms with Gasteiger partial charge in [-0.2, -0.15) is 0 Å². The van der Waals surface area contributed by atoms with Crippen LogP contribution < -0.4 is 4.72 Å². The fourth-order valence-corrected chi connectivity index (χ4v) is 5.07. The second-order valence-corrected chi connectivity index (χ2v) is 7.87. The number of nitrogens with one attached hydrogen (secondary N) is 1. The number of hydrogen-bond acceptors (Lipinski definition) is 4. The van der Waals surface area contributed by atoms with Crippen molar-refractivity contribution in [2.75, 3.05) is 6.61 Å². The first kappa shape index (κ1) is 15.1. The lowest BCUT2D eigenvalue weighted by Crippen LogP contribution is -2.38. The maximum Gasteiger partial charge on any atom is 0.251 e. The molecule has 0 aliphatic rings. The summed E-state index contributed by atoms with van der Waals surface area (Å²) in [6.45, 7) is 3.77. The average molecular weight is 342 g/mol. The van der Waals surface area contributed by atoms with Gasteiger partial charge in [-0.05, 0) is 39.7 Å². The summed E-state index contributed by atoms with van der Waals surface area (Å²) in [5.74, 6) is 0.321. The van der Waals surface area contributed by atoms with E-state index in [1.54, 1.807) is 11.4 Å². The fraction of sp³-hybridized carbons (Fsp3) is 0.600. The molecule has 0 amide bonds. The Morgan fingerprint density at radius 2 is 2.18 bits per heavy atom. The molecule has 0 spiro atoms. The Labute approximate surface area is 114 Å². The highest BCUT2D eigenvalue weighted by molar-refractivity contribution is 9.10. The molecule has 0 aliphatic heterocycles. The van der Waals surface area contributed by atoms with Gasteiger partial charge in [-0.1, -0.05) is 13.8 Å². The number of thiophene rings is 1. The van der Waals surface area contributed by atoms with E-state index in [-0.39, 0.29) is 10.8 Å². The van der Waals surface area contributed by atoms with Crippen LogP contribution in [0, 0.1) is 5.92 Å². The van der Waals surface area contributed by atoms with Gasteiger partial charge in [0.1, 0.15) is 4.21 Å². The van der Waals surface area contributed by atoms with Crippen LogP contribution in [0.15, 0.2) is 20.1 Å². The minimum absolute atomic E-state index is 0.194. The second-order valence-electron chi connectivity index (χ2n) is 4.19. The molecule has 2 N–H and O–H groups in total. The minimum Gasteiger partial charge on any atom is -0.395 e. The van der Waals surface area contributed by atoms with E-state index in [4.69, 9.17) is 5.11 Å². The van der Waals surface area contributed by atoms with Gasteiger partial charge in [0.05, 0.1) is 6.61 Å². The van der Waals surface area contributed by atoms with Crippen LogP contribution in [0.1, 0.15) is 20.3 Å². The van der Waals surface area contributed by atoms with Gasteiger partial charge >= 0.3 is 0 Å². The highest BCUT2D eigenvalue weighted by Gasteiger charge is 2.23. The normalized spacial score (nSPS) is 14.2. The largest absolute Gasteiger partial charge is 0.395 e. The van der Waals surface area contributed by atoms with Crippen molar-refractivity contribution >= 4 is 37.3 Å². The van der Waals surface area contributed by atoms with E-state index < -0.39 is 16.1 Å². The number of hydrogen-bond donors (Lipinski definition) is 2. The molecule has 1 atom stereocenters. The molecule has 0 bridgehead atoms. The molecule has 17 heavy (non-hydrogen) atoms. The third kappa shape index (κ3) is 4.33. The molecule has 0 aliphatic carbocycles.